The lowest BCUT2D eigenvalue weighted by molar-refractivity contribution is -0.117. The van der Waals surface area contributed by atoms with Gasteiger partial charge in [0.25, 0.3) is 0 Å². The number of benzene rings is 2. The first-order valence-electron chi connectivity index (χ1n) is 8.93. The van der Waals surface area contributed by atoms with Crippen molar-refractivity contribution in [2.24, 2.45) is 5.73 Å². The molecule has 1 amide bonds. The van der Waals surface area contributed by atoms with Crippen LogP contribution >= 0.6 is 11.6 Å². The Kier molecular flexibility index (Phi) is 5.10. The van der Waals surface area contributed by atoms with Crippen LogP contribution in [0.2, 0.25) is 5.02 Å². The molecule has 2 heterocycles. The zero-order valence-electron chi connectivity index (χ0n) is 15.0. The highest BCUT2D eigenvalue weighted by atomic mass is 35.5. The van der Waals surface area contributed by atoms with E-state index in [9.17, 15) is 4.79 Å². The molecule has 0 aliphatic carbocycles. The second kappa shape index (κ2) is 7.84. The van der Waals surface area contributed by atoms with Crippen LogP contribution in [0.1, 0.15) is 5.56 Å². The third-order valence-electron chi connectivity index (χ3n) is 4.63. The van der Waals surface area contributed by atoms with E-state index in [4.69, 9.17) is 17.3 Å². The van der Waals surface area contributed by atoms with Gasteiger partial charge in [-0.2, -0.15) is 0 Å². The van der Waals surface area contributed by atoms with Crippen LogP contribution in [0.25, 0.3) is 22.2 Å². The number of aromatic amines is 1. The summed E-state index contributed by atoms with van der Waals surface area (Å²) in [5, 5.41) is 4.60. The largest absolute Gasteiger partial charge is 0.346 e. The van der Waals surface area contributed by atoms with Gasteiger partial charge >= 0.3 is 0 Å². The van der Waals surface area contributed by atoms with Gasteiger partial charge in [-0.05, 0) is 59.5 Å². The maximum Gasteiger partial charge on any atom is 0.241 e. The van der Waals surface area contributed by atoms with E-state index in [0.717, 1.165) is 27.7 Å². The van der Waals surface area contributed by atoms with Gasteiger partial charge < -0.3 is 16.0 Å². The molecule has 0 aliphatic heterocycles. The lowest BCUT2D eigenvalue weighted by Crippen LogP contribution is -2.37. The molecule has 5 nitrogen and oxygen atoms in total. The van der Waals surface area contributed by atoms with E-state index in [1.165, 1.54) is 0 Å². The predicted molar refractivity (Wildman–Crippen MR) is 113 cm³/mol. The standard InChI is InChI=1S/C22H19ClN4O/c23-16-5-1-14(2-6-16)13-20(24)22(28)27-17-7-3-15(4-8-17)18-9-11-25-21-19(18)10-12-26-21/h1-12,20H,13,24H2,(H,25,26)(H,27,28). The number of rotatable bonds is 5. The normalized spacial score (nSPS) is 12.1. The fourth-order valence-corrected chi connectivity index (χ4v) is 3.27. The number of pyridine rings is 1. The van der Waals surface area contributed by atoms with E-state index in [0.29, 0.717) is 17.1 Å². The van der Waals surface area contributed by atoms with Crippen molar-refractivity contribution in [3.05, 3.63) is 83.6 Å². The topological polar surface area (TPSA) is 83.8 Å². The van der Waals surface area contributed by atoms with Gasteiger partial charge in [-0.3, -0.25) is 4.79 Å². The molecule has 2 aromatic carbocycles. The molecular formula is C22H19ClN4O. The SMILES string of the molecule is NC(Cc1ccc(Cl)cc1)C(=O)Nc1ccc(-c2ccnc3[nH]ccc23)cc1. The van der Waals surface area contributed by atoms with Crippen molar-refractivity contribution in [2.45, 2.75) is 12.5 Å². The Hall–Kier alpha value is -3.15. The molecular weight excluding hydrogens is 372 g/mol. The Morgan fingerprint density at radius 2 is 1.82 bits per heavy atom. The summed E-state index contributed by atoms with van der Waals surface area (Å²) in [6, 6.07) is 18.4. The van der Waals surface area contributed by atoms with Gasteiger partial charge in [0.15, 0.2) is 0 Å². The molecule has 0 spiro atoms. The van der Waals surface area contributed by atoms with Gasteiger partial charge in [-0.1, -0.05) is 35.9 Å². The first-order valence-corrected chi connectivity index (χ1v) is 9.31. The lowest BCUT2D eigenvalue weighted by atomic mass is 10.0. The highest BCUT2D eigenvalue weighted by Gasteiger charge is 2.14. The van der Waals surface area contributed by atoms with E-state index < -0.39 is 6.04 Å². The summed E-state index contributed by atoms with van der Waals surface area (Å²) in [5.41, 5.74) is 10.7. The summed E-state index contributed by atoms with van der Waals surface area (Å²) in [7, 11) is 0. The number of aromatic nitrogens is 2. The van der Waals surface area contributed by atoms with Crippen LogP contribution in [0.4, 0.5) is 5.69 Å². The summed E-state index contributed by atoms with van der Waals surface area (Å²) < 4.78 is 0. The minimum atomic E-state index is -0.638. The molecule has 1 unspecified atom stereocenters. The molecule has 4 N–H and O–H groups in total. The van der Waals surface area contributed by atoms with E-state index >= 15 is 0 Å². The molecule has 0 aliphatic rings. The molecule has 2 aromatic heterocycles. The number of anilines is 1. The Bertz CT molecular complexity index is 1100. The second-order valence-corrected chi connectivity index (χ2v) is 7.04. The number of nitrogens with one attached hydrogen (secondary N) is 2. The number of fused-ring (bicyclic) bond motifs is 1. The predicted octanol–water partition coefficient (Wildman–Crippen LogP) is 4.39. The Morgan fingerprint density at radius 1 is 1.07 bits per heavy atom. The zero-order chi connectivity index (χ0) is 19.5. The first-order chi connectivity index (χ1) is 13.6. The fraction of sp³-hybridized carbons (Fsp3) is 0.0909. The van der Waals surface area contributed by atoms with Crippen molar-refractivity contribution in [1.29, 1.82) is 0 Å². The van der Waals surface area contributed by atoms with Gasteiger partial charge in [0.1, 0.15) is 5.65 Å². The van der Waals surface area contributed by atoms with Crippen LogP contribution in [-0.4, -0.2) is 21.9 Å². The molecule has 6 heteroatoms. The lowest BCUT2D eigenvalue weighted by Gasteiger charge is -2.13. The molecule has 0 radical (unpaired) electrons. The molecule has 4 aromatic rings. The molecule has 140 valence electrons. The average molecular weight is 391 g/mol. The van der Waals surface area contributed by atoms with Crippen LogP contribution in [0.5, 0.6) is 0 Å². The van der Waals surface area contributed by atoms with Gasteiger partial charge in [-0.25, -0.2) is 4.98 Å². The number of nitrogens with zero attached hydrogens (tertiary/aromatic N) is 1. The molecule has 0 saturated carbocycles. The fourth-order valence-electron chi connectivity index (χ4n) is 3.15. The van der Waals surface area contributed by atoms with E-state index in [-0.39, 0.29) is 5.91 Å². The van der Waals surface area contributed by atoms with Crippen molar-refractivity contribution >= 4 is 34.2 Å². The van der Waals surface area contributed by atoms with Crippen LogP contribution < -0.4 is 11.1 Å². The van der Waals surface area contributed by atoms with Gasteiger partial charge in [0.05, 0.1) is 6.04 Å². The summed E-state index contributed by atoms with van der Waals surface area (Å²) >= 11 is 5.89. The van der Waals surface area contributed by atoms with Gasteiger partial charge in [-0.15, -0.1) is 0 Å². The maximum absolute atomic E-state index is 12.4. The maximum atomic E-state index is 12.4. The molecule has 0 saturated heterocycles. The van der Waals surface area contributed by atoms with Crippen LogP contribution in [0.3, 0.4) is 0 Å². The molecule has 1 atom stereocenters. The van der Waals surface area contributed by atoms with Crippen molar-refractivity contribution in [3.8, 4) is 11.1 Å². The number of nitrogens with two attached hydrogens (primary N) is 1. The van der Waals surface area contributed by atoms with Crippen LogP contribution in [-0.2, 0) is 11.2 Å². The minimum absolute atomic E-state index is 0.223. The minimum Gasteiger partial charge on any atom is -0.346 e. The monoisotopic (exact) mass is 390 g/mol. The number of carbonyl (C=O) groups is 1. The molecule has 0 bridgehead atoms. The summed E-state index contributed by atoms with van der Waals surface area (Å²) in [6.45, 7) is 0. The summed E-state index contributed by atoms with van der Waals surface area (Å²) in [5.74, 6) is -0.223. The highest BCUT2D eigenvalue weighted by Crippen LogP contribution is 2.27. The quantitative estimate of drug-likeness (QED) is 0.472. The van der Waals surface area contributed by atoms with Crippen molar-refractivity contribution in [1.82, 2.24) is 9.97 Å². The molecule has 4 rings (SSSR count). The number of amides is 1. The number of hydrogen-bond donors (Lipinski definition) is 3. The zero-order valence-corrected chi connectivity index (χ0v) is 15.8. The number of H-pyrrole nitrogens is 1. The van der Waals surface area contributed by atoms with Crippen molar-refractivity contribution in [2.75, 3.05) is 5.32 Å². The average Bonchev–Trinajstić information content (AvgIpc) is 3.19. The third-order valence-corrected chi connectivity index (χ3v) is 4.88. The highest BCUT2D eigenvalue weighted by molar-refractivity contribution is 6.30. The van der Waals surface area contributed by atoms with Crippen molar-refractivity contribution in [3.63, 3.8) is 0 Å². The van der Waals surface area contributed by atoms with E-state index in [1.54, 1.807) is 18.3 Å². The number of halogens is 1. The number of hydrogen-bond acceptors (Lipinski definition) is 3. The Labute approximate surface area is 167 Å². The Morgan fingerprint density at radius 3 is 2.57 bits per heavy atom. The Balaban J connectivity index is 1.44. The number of carbonyl (C=O) groups excluding carboxylic acids is 1. The molecule has 28 heavy (non-hydrogen) atoms. The molecule has 0 fully saturated rings. The summed E-state index contributed by atoms with van der Waals surface area (Å²) in [6.07, 6.45) is 4.10. The van der Waals surface area contributed by atoms with Crippen LogP contribution in [0.15, 0.2) is 73.1 Å². The van der Waals surface area contributed by atoms with Gasteiger partial charge in [0, 0.05) is 28.5 Å². The smallest absolute Gasteiger partial charge is 0.241 e. The van der Waals surface area contributed by atoms with Gasteiger partial charge in [0.2, 0.25) is 5.91 Å². The van der Waals surface area contributed by atoms with E-state index in [2.05, 4.69) is 15.3 Å². The van der Waals surface area contributed by atoms with E-state index in [1.807, 2.05) is 54.7 Å². The van der Waals surface area contributed by atoms with Crippen molar-refractivity contribution < 1.29 is 4.79 Å². The first kappa shape index (κ1) is 18.2. The summed E-state index contributed by atoms with van der Waals surface area (Å²) in [4.78, 5) is 19.8. The second-order valence-electron chi connectivity index (χ2n) is 6.60. The van der Waals surface area contributed by atoms with Crippen LogP contribution in [0, 0.1) is 0 Å². The third kappa shape index (κ3) is 3.91.